The average molecular weight is 369 g/mol. The van der Waals surface area contributed by atoms with E-state index in [4.69, 9.17) is 4.74 Å². The summed E-state index contributed by atoms with van der Waals surface area (Å²) in [6.45, 7) is 9.67. The molecule has 140 valence electrons. The Morgan fingerprint density at radius 2 is 1.76 bits per heavy atom. The van der Waals surface area contributed by atoms with Crippen molar-refractivity contribution in [2.75, 3.05) is 39.4 Å². The zero-order valence-electron chi connectivity index (χ0n) is 15.0. The Balaban J connectivity index is 1.91. The highest BCUT2D eigenvalue weighted by atomic mass is 32.2. The fourth-order valence-corrected chi connectivity index (χ4v) is 3.47. The van der Waals surface area contributed by atoms with Crippen molar-refractivity contribution in [1.29, 1.82) is 0 Å². The summed E-state index contributed by atoms with van der Waals surface area (Å²) in [5, 5.41) is 2.84. The lowest BCUT2D eigenvalue weighted by Crippen LogP contribution is -2.41. The van der Waals surface area contributed by atoms with Crippen LogP contribution in [0.5, 0.6) is 0 Å². The molecule has 1 aromatic carbocycles. The van der Waals surface area contributed by atoms with Crippen LogP contribution in [0.2, 0.25) is 0 Å². The highest BCUT2D eigenvalue weighted by Crippen LogP contribution is 2.12. The second-order valence-corrected chi connectivity index (χ2v) is 8.85. The van der Waals surface area contributed by atoms with E-state index in [-0.39, 0.29) is 16.3 Å². The van der Waals surface area contributed by atoms with Crippen molar-refractivity contribution in [1.82, 2.24) is 14.9 Å². The number of morpholine rings is 1. The summed E-state index contributed by atoms with van der Waals surface area (Å²) >= 11 is 0. The Morgan fingerprint density at radius 1 is 1.16 bits per heavy atom. The van der Waals surface area contributed by atoms with E-state index in [1.807, 2.05) is 20.8 Å². The highest BCUT2D eigenvalue weighted by molar-refractivity contribution is 7.89. The van der Waals surface area contributed by atoms with Crippen LogP contribution >= 0.6 is 0 Å². The number of sulfonamides is 1. The first-order chi connectivity index (χ1) is 11.7. The normalized spacial score (nSPS) is 16.6. The molecule has 2 rings (SSSR count). The number of ether oxygens (including phenoxy) is 1. The quantitative estimate of drug-likeness (QED) is 0.775. The van der Waals surface area contributed by atoms with Gasteiger partial charge in [0, 0.05) is 37.3 Å². The van der Waals surface area contributed by atoms with Crippen molar-refractivity contribution in [3.63, 3.8) is 0 Å². The van der Waals surface area contributed by atoms with Crippen LogP contribution in [0.1, 0.15) is 31.1 Å². The molecule has 0 unspecified atom stereocenters. The van der Waals surface area contributed by atoms with Crippen LogP contribution in [0, 0.1) is 0 Å². The van der Waals surface area contributed by atoms with Gasteiger partial charge in [0.2, 0.25) is 10.0 Å². The van der Waals surface area contributed by atoms with Gasteiger partial charge in [-0.25, -0.2) is 13.1 Å². The molecule has 1 heterocycles. The molecule has 0 spiro atoms. The smallest absolute Gasteiger partial charge is 0.251 e. The van der Waals surface area contributed by atoms with Crippen molar-refractivity contribution in [3.05, 3.63) is 29.8 Å². The fraction of sp³-hybridized carbons (Fsp3) is 0.588. The molecule has 0 atom stereocenters. The fourth-order valence-electron chi connectivity index (χ4n) is 2.44. The number of nitrogens with zero attached hydrogens (tertiary/aromatic N) is 1. The molecule has 1 saturated heterocycles. The van der Waals surface area contributed by atoms with Crippen molar-refractivity contribution >= 4 is 15.9 Å². The number of hydrogen-bond donors (Lipinski definition) is 2. The van der Waals surface area contributed by atoms with E-state index in [1.54, 1.807) is 0 Å². The summed E-state index contributed by atoms with van der Waals surface area (Å²) in [4.78, 5) is 14.4. The number of benzene rings is 1. The van der Waals surface area contributed by atoms with Crippen LogP contribution in [-0.4, -0.2) is 64.2 Å². The minimum absolute atomic E-state index is 0.154. The molecule has 0 radical (unpaired) electrons. The lowest BCUT2D eigenvalue weighted by molar-refractivity contribution is 0.0390. The molecule has 0 aliphatic carbocycles. The van der Waals surface area contributed by atoms with Gasteiger partial charge in [-0.15, -0.1) is 0 Å². The molecule has 25 heavy (non-hydrogen) atoms. The van der Waals surface area contributed by atoms with Gasteiger partial charge in [-0.1, -0.05) is 0 Å². The Hall–Kier alpha value is -1.48. The molecule has 1 aliphatic heterocycles. The first-order valence-corrected chi connectivity index (χ1v) is 9.88. The van der Waals surface area contributed by atoms with Crippen molar-refractivity contribution < 1.29 is 17.9 Å². The molecule has 1 aliphatic rings. The Bertz CT molecular complexity index is 675. The zero-order chi connectivity index (χ0) is 18.5. The van der Waals surface area contributed by atoms with E-state index in [1.165, 1.54) is 24.3 Å². The molecular formula is C17H27N3O4S. The van der Waals surface area contributed by atoms with Crippen LogP contribution in [0.3, 0.4) is 0 Å². The molecular weight excluding hydrogens is 342 g/mol. The van der Waals surface area contributed by atoms with Crippen LogP contribution in [0.25, 0.3) is 0 Å². The number of carbonyl (C=O) groups excluding carboxylic acids is 1. The van der Waals surface area contributed by atoms with E-state index in [0.717, 1.165) is 13.1 Å². The second kappa shape index (κ2) is 8.27. The van der Waals surface area contributed by atoms with Gasteiger partial charge in [0.25, 0.3) is 5.91 Å². The summed E-state index contributed by atoms with van der Waals surface area (Å²) in [6.07, 6.45) is 0. The van der Waals surface area contributed by atoms with Crippen LogP contribution in [-0.2, 0) is 14.8 Å². The van der Waals surface area contributed by atoms with Crippen LogP contribution in [0.15, 0.2) is 29.2 Å². The van der Waals surface area contributed by atoms with E-state index in [9.17, 15) is 13.2 Å². The van der Waals surface area contributed by atoms with E-state index in [2.05, 4.69) is 14.9 Å². The van der Waals surface area contributed by atoms with Gasteiger partial charge in [-0.3, -0.25) is 9.69 Å². The van der Waals surface area contributed by atoms with Gasteiger partial charge < -0.3 is 10.1 Å². The molecule has 2 N–H and O–H groups in total. The lowest BCUT2D eigenvalue weighted by atomic mass is 10.1. The average Bonchev–Trinajstić information content (AvgIpc) is 2.54. The third-order valence-electron chi connectivity index (χ3n) is 3.74. The first kappa shape index (κ1) is 19.8. The number of hydrogen-bond acceptors (Lipinski definition) is 5. The summed E-state index contributed by atoms with van der Waals surface area (Å²) < 4.78 is 32.5. The maximum atomic E-state index is 12.3. The second-order valence-electron chi connectivity index (χ2n) is 7.08. The molecule has 0 saturated carbocycles. The predicted molar refractivity (Wildman–Crippen MR) is 96.1 cm³/mol. The van der Waals surface area contributed by atoms with E-state index >= 15 is 0 Å². The van der Waals surface area contributed by atoms with Gasteiger partial charge in [0.1, 0.15) is 0 Å². The maximum absolute atomic E-state index is 12.3. The Labute approximate surface area is 149 Å². The molecule has 1 aromatic rings. The first-order valence-electron chi connectivity index (χ1n) is 8.40. The van der Waals surface area contributed by atoms with Crippen molar-refractivity contribution in [2.45, 2.75) is 31.2 Å². The Kier molecular flexibility index (Phi) is 6.56. The molecule has 1 amide bonds. The number of nitrogens with one attached hydrogen (secondary N) is 2. The predicted octanol–water partition coefficient (Wildman–Crippen LogP) is 0.825. The van der Waals surface area contributed by atoms with Crippen molar-refractivity contribution in [2.24, 2.45) is 0 Å². The minimum atomic E-state index is -3.58. The summed E-state index contributed by atoms with van der Waals surface area (Å²) in [6, 6.07) is 5.96. The van der Waals surface area contributed by atoms with Gasteiger partial charge in [0.15, 0.2) is 0 Å². The zero-order valence-corrected chi connectivity index (χ0v) is 15.9. The topological polar surface area (TPSA) is 87.7 Å². The van der Waals surface area contributed by atoms with Gasteiger partial charge >= 0.3 is 0 Å². The summed E-state index contributed by atoms with van der Waals surface area (Å²) in [7, 11) is -3.58. The number of amides is 1. The third kappa shape index (κ3) is 6.39. The lowest BCUT2D eigenvalue weighted by Gasteiger charge is -2.26. The highest BCUT2D eigenvalue weighted by Gasteiger charge is 2.18. The summed E-state index contributed by atoms with van der Waals surface area (Å²) in [5.74, 6) is -0.225. The standard InChI is InChI=1S/C17H27N3O4S/c1-17(2,3)19-16(21)14-4-6-15(7-5-14)25(22,23)18-8-9-20-10-12-24-13-11-20/h4-7,18H,8-13H2,1-3H3,(H,19,21). The molecule has 1 fully saturated rings. The Morgan fingerprint density at radius 3 is 2.32 bits per heavy atom. The third-order valence-corrected chi connectivity index (χ3v) is 5.22. The van der Waals surface area contributed by atoms with Crippen molar-refractivity contribution in [3.8, 4) is 0 Å². The number of rotatable bonds is 6. The van der Waals surface area contributed by atoms with Crippen LogP contribution < -0.4 is 10.0 Å². The van der Waals surface area contributed by atoms with Gasteiger partial charge in [0.05, 0.1) is 18.1 Å². The van der Waals surface area contributed by atoms with Gasteiger partial charge in [-0.2, -0.15) is 0 Å². The monoisotopic (exact) mass is 369 g/mol. The van der Waals surface area contributed by atoms with Crippen LogP contribution in [0.4, 0.5) is 0 Å². The molecule has 7 nitrogen and oxygen atoms in total. The van der Waals surface area contributed by atoms with E-state index < -0.39 is 10.0 Å². The maximum Gasteiger partial charge on any atom is 0.251 e. The largest absolute Gasteiger partial charge is 0.379 e. The minimum Gasteiger partial charge on any atom is -0.379 e. The molecule has 8 heteroatoms. The molecule has 0 bridgehead atoms. The van der Waals surface area contributed by atoms with E-state index in [0.29, 0.717) is 31.9 Å². The number of carbonyl (C=O) groups is 1. The SMILES string of the molecule is CC(C)(C)NC(=O)c1ccc(S(=O)(=O)NCCN2CCOCC2)cc1. The molecule has 0 aromatic heterocycles. The summed E-state index contributed by atoms with van der Waals surface area (Å²) in [5.41, 5.74) is 0.0882. The van der Waals surface area contributed by atoms with Gasteiger partial charge in [-0.05, 0) is 45.0 Å².